The maximum absolute atomic E-state index is 5.23. The molecule has 0 radical (unpaired) electrons. The summed E-state index contributed by atoms with van der Waals surface area (Å²) in [6, 6.07) is 3.79. The zero-order valence-corrected chi connectivity index (χ0v) is 11.4. The molecular formula is C12H9BrN6. The normalized spacial score (nSPS) is 17.5. The zero-order valence-electron chi connectivity index (χ0n) is 9.79. The van der Waals surface area contributed by atoms with Crippen LogP contribution < -0.4 is 5.32 Å². The van der Waals surface area contributed by atoms with Gasteiger partial charge in [0.05, 0.1) is 17.1 Å². The summed E-state index contributed by atoms with van der Waals surface area (Å²) in [6.07, 6.45) is 8.99. The van der Waals surface area contributed by atoms with Gasteiger partial charge < -0.3 is 5.32 Å². The molecule has 3 rings (SSSR count). The van der Waals surface area contributed by atoms with Gasteiger partial charge >= 0.3 is 0 Å². The topological polar surface area (TPSA) is 66.9 Å². The van der Waals surface area contributed by atoms with E-state index in [9.17, 15) is 0 Å². The highest BCUT2D eigenvalue weighted by molar-refractivity contribution is 9.10. The second-order valence-electron chi connectivity index (χ2n) is 3.87. The van der Waals surface area contributed by atoms with Crippen LogP contribution in [-0.2, 0) is 0 Å². The van der Waals surface area contributed by atoms with E-state index in [0.29, 0.717) is 18.2 Å². The summed E-state index contributed by atoms with van der Waals surface area (Å²) in [5.41, 5.74) is 0.737. The van der Waals surface area contributed by atoms with E-state index in [1.165, 1.54) is 0 Å². The van der Waals surface area contributed by atoms with Crippen molar-refractivity contribution in [2.75, 3.05) is 5.32 Å². The van der Waals surface area contributed by atoms with E-state index in [1.54, 1.807) is 10.7 Å². The number of nitrogens with zero attached hydrogens (tertiary/aromatic N) is 5. The largest absolute Gasteiger partial charge is 0.306 e. The van der Waals surface area contributed by atoms with Crippen LogP contribution in [0.3, 0.4) is 0 Å². The van der Waals surface area contributed by atoms with E-state index in [4.69, 9.17) is 6.42 Å². The first-order chi connectivity index (χ1) is 9.26. The van der Waals surface area contributed by atoms with Gasteiger partial charge in [0.2, 0.25) is 5.95 Å². The first kappa shape index (κ1) is 11.9. The van der Waals surface area contributed by atoms with Gasteiger partial charge in [-0.15, -0.1) is 17.4 Å². The Morgan fingerprint density at radius 3 is 3.21 bits per heavy atom. The molecule has 1 aliphatic heterocycles. The number of anilines is 1. The lowest BCUT2D eigenvalue weighted by molar-refractivity contribution is 0.755. The molecule has 0 aromatic carbocycles. The Morgan fingerprint density at radius 1 is 1.53 bits per heavy atom. The van der Waals surface area contributed by atoms with Crippen molar-refractivity contribution in [3.05, 3.63) is 22.8 Å². The lowest BCUT2D eigenvalue weighted by Gasteiger charge is -1.97. The van der Waals surface area contributed by atoms with Crippen LogP contribution >= 0.6 is 15.9 Å². The highest BCUT2D eigenvalue weighted by Crippen LogP contribution is 2.17. The van der Waals surface area contributed by atoms with E-state index < -0.39 is 0 Å². The van der Waals surface area contributed by atoms with Crippen LogP contribution in [0.2, 0.25) is 0 Å². The maximum atomic E-state index is 5.23. The SMILES string of the molecule is C#CCC1N=CC(Nc2nc3c(Br)cccn3n2)=N1. The number of amidine groups is 1. The molecule has 0 fully saturated rings. The molecule has 1 unspecified atom stereocenters. The molecule has 2 aromatic rings. The average Bonchev–Trinajstić information content (AvgIpc) is 2.98. The summed E-state index contributed by atoms with van der Waals surface area (Å²) < 4.78 is 2.56. The predicted octanol–water partition coefficient (Wildman–Crippen LogP) is 1.74. The monoisotopic (exact) mass is 316 g/mol. The van der Waals surface area contributed by atoms with E-state index >= 15 is 0 Å². The van der Waals surface area contributed by atoms with Crippen LogP contribution in [0.5, 0.6) is 0 Å². The smallest absolute Gasteiger partial charge is 0.248 e. The Morgan fingerprint density at radius 2 is 2.42 bits per heavy atom. The number of fused-ring (bicyclic) bond motifs is 1. The molecule has 0 aliphatic carbocycles. The van der Waals surface area contributed by atoms with Crippen molar-refractivity contribution in [3.8, 4) is 12.3 Å². The van der Waals surface area contributed by atoms with Crippen molar-refractivity contribution in [2.45, 2.75) is 12.6 Å². The number of nitrogens with one attached hydrogen (secondary N) is 1. The molecular weight excluding hydrogens is 308 g/mol. The number of hydrogen-bond donors (Lipinski definition) is 1. The van der Waals surface area contributed by atoms with Crippen LogP contribution in [0.1, 0.15) is 6.42 Å². The lowest BCUT2D eigenvalue weighted by atomic mass is 10.4. The molecule has 3 heterocycles. The average molecular weight is 317 g/mol. The van der Waals surface area contributed by atoms with Crippen LogP contribution in [-0.4, -0.2) is 32.8 Å². The minimum absolute atomic E-state index is 0.198. The highest BCUT2D eigenvalue weighted by Gasteiger charge is 2.13. The third-order valence-corrected chi connectivity index (χ3v) is 3.13. The summed E-state index contributed by atoms with van der Waals surface area (Å²) in [7, 11) is 0. The molecule has 0 bridgehead atoms. The first-order valence-corrected chi connectivity index (χ1v) is 6.38. The van der Waals surface area contributed by atoms with Gasteiger partial charge in [-0.2, -0.15) is 4.98 Å². The quantitative estimate of drug-likeness (QED) is 0.858. The Kier molecular flexibility index (Phi) is 3.01. The van der Waals surface area contributed by atoms with Gasteiger partial charge in [0.1, 0.15) is 5.84 Å². The number of hydrogen-bond acceptors (Lipinski definition) is 5. The molecule has 1 atom stereocenters. The number of pyridine rings is 1. The number of halogens is 1. The minimum Gasteiger partial charge on any atom is -0.306 e. The van der Waals surface area contributed by atoms with Crippen molar-refractivity contribution in [2.24, 2.45) is 9.98 Å². The number of terminal acetylenes is 1. The molecule has 1 N–H and O–H groups in total. The summed E-state index contributed by atoms with van der Waals surface area (Å²) in [6.45, 7) is 0. The second-order valence-corrected chi connectivity index (χ2v) is 4.72. The summed E-state index contributed by atoms with van der Waals surface area (Å²) in [4.78, 5) is 12.8. The molecule has 2 aromatic heterocycles. The lowest BCUT2D eigenvalue weighted by Crippen LogP contribution is -2.12. The van der Waals surface area contributed by atoms with Crippen molar-refractivity contribution in [1.82, 2.24) is 14.6 Å². The Bertz CT molecular complexity index is 723. The molecule has 94 valence electrons. The Hall–Kier alpha value is -2.20. The zero-order chi connectivity index (χ0) is 13.2. The van der Waals surface area contributed by atoms with E-state index in [1.807, 2.05) is 18.3 Å². The molecule has 0 saturated heterocycles. The Labute approximate surface area is 117 Å². The first-order valence-electron chi connectivity index (χ1n) is 5.58. The number of aliphatic imine (C=N–C) groups is 2. The fraction of sp³-hybridized carbons (Fsp3) is 0.167. The van der Waals surface area contributed by atoms with Gasteiger partial charge in [0.15, 0.2) is 11.8 Å². The van der Waals surface area contributed by atoms with Crippen molar-refractivity contribution >= 4 is 39.6 Å². The van der Waals surface area contributed by atoms with Crippen LogP contribution in [0.15, 0.2) is 32.8 Å². The fourth-order valence-electron chi connectivity index (χ4n) is 1.69. The van der Waals surface area contributed by atoms with Crippen molar-refractivity contribution in [1.29, 1.82) is 0 Å². The Balaban J connectivity index is 1.83. The van der Waals surface area contributed by atoms with Gasteiger partial charge in [-0.25, -0.2) is 9.51 Å². The third-order valence-electron chi connectivity index (χ3n) is 2.51. The third kappa shape index (κ3) is 2.35. The van der Waals surface area contributed by atoms with E-state index in [2.05, 4.69) is 47.2 Å². The number of rotatable bonds is 2. The minimum atomic E-state index is -0.198. The van der Waals surface area contributed by atoms with Gasteiger partial charge in [-0.3, -0.25) is 4.99 Å². The van der Waals surface area contributed by atoms with Crippen LogP contribution in [0.4, 0.5) is 5.95 Å². The summed E-state index contributed by atoms with van der Waals surface area (Å²) in [5, 5.41) is 7.30. The van der Waals surface area contributed by atoms with Crippen LogP contribution in [0, 0.1) is 12.3 Å². The molecule has 19 heavy (non-hydrogen) atoms. The van der Waals surface area contributed by atoms with Crippen molar-refractivity contribution in [3.63, 3.8) is 0 Å². The predicted molar refractivity (Wildman–Crippen MR) is 77.5 cm³/mol. The fourth-order valence-corrected chi connectivity index (χ4v) is 2.12. The standard InChI is InChI=1S/C12H9BrN6/c1-2-4-9-14-7-10(15-9)16-12-17-11-8(13)5-3-6-19(11)18-12/h1,3,5-7,9H,4H2,(H,15,16,18). The molecule has 0 saturated carbocycles. The summed E-state index contributed by atoms with van der Waals surface area (Å²) in [5.74, 6) is 3.62. The molecule has 1 aliphatic rings. The molecule has 0 spiro atoms. The van der Waals surface area contributed by atoms with Gasteiger partial charge in [-0.1, -0.05) is 0 Å². The molecule has 7 heteroatoms. The van der Waals surface area contributed by atoms with E-state index in [0.717, 1.165) is 10.1 Å². The maximum Gasteiger partial charge on any atom is 0.248 e. The van der Waals surface area contributed by atoms with Gasteiger partial charge in [-0.05, 0) is 28.1 Å². The molecule has 0 amide bonds. The van der Waals surface area contributed by atoms with Gasteiger partial charge in [0.25, 0.3) is 0 Å². The number of aromatic nitrogens is 3. The molecule has 6 nitrogen and oxygen atoms in total. The summed E-state index contributed by atoms with van der Waals surface area (Å²) >= 11 is 3.42. The van der Waals surface area contributed by atoms with E-state index in [-0.39, 0.29) is 6.17 Å². The highest BCUT2D eigenvalue weighted by atomic mass is 79.9. The van der Waals surface area contributed by atoms with Gasteiger partial charge in [0, 0.05) is 6.20 Å². The van der Waals surface area contributed by atoms with Crippen LogP contribution in [0.25, 0.3) is 5.65 Å². The van der Waals surface area contributed by atoms with Crippen molar-refractivity contribution < 1.29 is 0 Å². The second kappa shape index (κ2) is 4.82.